The number of hydrogen-bond acceptors (Lipinski definition) is 3. The van der Waals surface area contributed by atoms with Crippen LogP contribution in [-0.2, 0) is 9.53 Å². The largest absolute Gasteiger partial charge is 0.381 e. The minimum atomic E-state index is 0.194. The third-order valence-electron chi connectivity index (χ3n) is 7.97. The second kappa shape index (κ2) is 8.77. The molecule has 5 rings (SSSR count). The van der Waals surface area contributed by atoms with Crippen molar-refractivity contribution in [3.8, 4) is 0 Å². The van der Waals surface area contributed by atoms with E-state index in [1.807, 2.05) is 0 Å². The van der Waals surface area contributed by atoms with Crippen LogP contribution in [0.1, 0.15) is 74.5 Å². The first-order valence-corrected chi connectivity index (χ1v) is 12.0. The molecule has 4 aliphatic rings. The number of carbonyl (C=O) groups excluding carboxylic acids is 1. The summed E-state index contributed by atoms with van der Waals surface area (Å²) >= 11 is 0. The molecule has 158 valence electrons. The van der Waals surface area contributed by atoms with Gasteiger partial charge in [0.15, 0.2) is 0 Å². The van der Waals surface area contributed by atoms with Crippen LogP contribution in [0.2, 0.25) is 0 Å². The van der Waals surface area contributed by atoms with E-state index in [1.54, 1.807) is 0 Å². The number of benzene rings is 1. The Kier molecular flexibility index (Phi) is 5.92. The molecule has 2 saturated heterocycles. The van der Waals surface area contributed by atoms with Gasteiger partial charge >= 0.3 is 0 Å². The molecule has 0 aromatic heterocycles. The van der Waals surface area contributed by atoms with E-state index in [9.17, 15) is 4.79 Å². The van der Waals surface area contributed by atoms with Crippen LogP contribution in [0.15, 0.2) is 24.3 Å². The Hall–Kier alpha value is -1.39. The summed E-state index contributed by atoms with van der Waals surface area (Å²) < 4.78 is 5.45. The molecule has 1 aromatic rings. The van der Waals surface area contributed by atoms with Gasteiger partial charge in [0.2, 0.25) is 5.91 Å². The second-order valence-electron chi connectivity index (χ2n) is 9.93. The molecule has 4 heteroatoms. The van der Waals surface area contributed by atoms with Gasteiger partial charge in [0.25, 0.3) is 0 Å². The predicted octanol–water partition coefficient (Wildman–Crippen LogP) is 4.27. The number of nitrogens with zero attached hydrogens (tertiary/aromatic N) is 1. The maximum atomic E-state index is 12.9. The van der Waals surface area contributed by atoms with Crippen LogP contribution in [0, 0.1) is 17.8 Å². The van der Waals surface area contributed by atoms with Gasteiger partial charge in [-0.05, 0) is 48.6 Å². The van der Waals surface area contributed by atoms with Gasteiger partial charge in [0, 0.05) is 51.1 Å². The highest BCUT2D eigenvalue weighted by molar-refractivity contribution is 5.77. The predicted molar refractivity (Wildman–Crippen MR) is 115 cm³/mol. The zero-order valence-electron chi connectivity index (χ0n) is 17.7. The fourth-order valence-corrected chi connectivity index (χ4v) is 6.46. The lowest BCUT2D eigenvalue weighted by Gasteiger charge is -2.28. The zero-order valence-corrected chi connectivity index (χ0v) is 17.7. The average Bonchev–Trinajstić information content (AvgIpc) is 3.28. The van der Waals surface area contributed by atoms with Gasteiger partial charge < -0.3 is 15.0 Å². The van der Waals surface area contributed by atoms with E-state index in [4.69, 9.17) is 4.74 Å². The highest BCUT2D eigenvalue weighted by atomic mass is 16.5. The number of nitrogens with one attached hydrogen (secondary N) is 1. The third-order valence-corrected chi connectivity index (χ3v) is 7.97. The van der Waals surface area contributed by atoms with Gasteiger partial charge in [-0.15, -0.1) is 0 Å². The summed E-state index contributed by atoms with van der Waals surface area (Å²) in [6.45, 7) is 5.19. The minimum Gasteiger partial charge on any atom is -0.381 e. The first-order chi connectivity index (χ1) is 14.3. The van der Waals surface area contributed by atoms with Crippen LogP contribution in [0.4, 0.5) is 0 Å². The smallest absolute Gasteiger partial charge is 0.220 e. The van der Waals surface area contributed by atoms with Crippen LogP contribution >= 0.6 is 0 Å². The SMILES string of the molecule is O=C(CC1CCOCC1)N[C@@H]1c2ccccc2[C@@H]2CN(CC3CCCCC3)C[C@H]12. The van der Waals surface area contributed by atoms with Crippen LogP contribution in [-0.4, -0.2) is 43.7 Å². The molecule has 2 aliphatic carbocycles. The molecular weight excluding hydrogens is 360 g/mol. The van der Waals surface area contributed by atoms with Gasteiger partial charge in [0.1, 0.15) is 0 Å². The van der Waals surface area contributed by atoms with E-state index in [-0.39, 0.29) is 11.9 Å². The molecule has 0 bridgehead atoms. The van der Waals surface area contributed by atoms with E-state index in [0.29, 0.717) is 24.2 Å². The molecule has 0 unspecified atom stereocenters. The molecule has 4 nitrogen and oxygen atoms in total. The Morgan fingerprint density at radius 3 is 2.52 bits per heavy atom. The van der Waals surface area contributed by atoms with E-state index in [1.165, 1.54) is 56.3 Å². The minimum absolute atomic E-state index is 0.194. The van der Waals surface area contributed by atoms with Gasteiger partial charge in [0.05, 0.1) is 6.04 Å². The molecule has 2 heterocycles. The van der Waals surface area contributed by atoms with Crippen molar-refractivity contribution in [3.05, 3.63) is 35.4 Å². The Morgan fingerprint density at radius 1 is 0.966 bits per heavy atom. The van der Waals surface area contributed by atoms with Crippen molar-refractivity contribution < 1.29 is 9.53 Å². The molecule has 1 N–H and O–H groups in total. The van der Waals surface area contributed by atoms with E-state index >= 15 is 0 Å². The summed E-state index contributed by atoms with van der Waals surface area (Å²) in [4.78, 5) is 15.6. The Morgan fingerprint density at radius 2 is 1.72 bits per heavy atom. The molecule has 0 spiro atoms. The van der Waals surface area contributed by atoms with Crippen molar-refractivity contribution in [1.29, 1.82) is 0 Å². The lowest BCUT2D eigenvalue weighted by Crippen LogP contribution is -2.36. The van der Waals surface area contributed by atoms with Crippen LogP contribution < -0.4 is 5.32 Å². The Bertz CT molecular complexity index is 709. The number of amides is 1. The van der Waals surface area contributed by atoms with Crippen molar-refractivity contribution >= 4 is 5.91 Å². The number of likely N-dealkylation sites (tertiary alicyclic amines) is 1. The van der Waals surface area contributed by atoms with Crippen molar-refractivity contribution in [1.82, 2.24) is 10.2 Å². The second-order valence-corrected chi connectivity index (χ2v) is 9.93. The van der Waals surface area contributed by atoms with Crippen LogP contribution in [0.5, 0.6) is 0 Å². The molecule has 1 amide bonds. The number of fused-ring (bicyclic) bond motifs is 3. The molecule has 2 aliphatic heterocycles. The Labute approximate surface area is 175 Å². The number of hydrogen-bond donors (Lipinski definition) is 1. The third kappa shape index (κ3) is 4.25. The molecule has 1 saturated carbocycles. The highest BCUT2D eigenvalue weighted by Gasteiger charge is 2.46. The highest BCUT2D eigenvalue weighted by Crippen LogP contribution is 2.49. The molecule has 1 aromatic carbocycles. The molecular formula is C25H36N2O2. The fraction of sp³-hybridized carbons (Fsp3) is 0.720. The van der Waals surface area contributed by atoms with E-state index < -0.39 is 0 Å². The van der Waals surface area contributed by atoms with E-state index in [0.717, 1.165) is 38.5 Å². The topological polar surface area (TPSA) is 41.6 Å². The van der Waals surface area contributed by atoms with Crippen molar-refractivity contribution in [2.24, 2.45) is 17.8 Å². The lowest BCUT2D eigenvalue weighted by atomic mass is 9.89. The summed E-state index contributed by atoms with van der Waals surface area (Å²) in [5.41, 5.74) is 2.86. The summed E-state index contributed by atoms with van der Waals surface area (Å²) in [5, 5.41) is 3.47. The maximum Gasteiger partial charge on any atom is 0.220 e. The summed E-state index contributed by atoms with van der Waals surface area (Å²) in [5.74, 6) is 2.74. The van der Waals surface area contributed by atoms with Crippen molar-refractivity contribution in [3.63, 3.8) is 0 Å². The maximum absolute atomic E-state index is 12.9. The van der Waals surface area contributed by atoms with Gasteiger partial charge in [-0.3, -0.25) is 4.79 Å². The number of carbonyl (C=O) groups is 1. The Balaban J connectivity index is 1.26. The molecule has 3 fully saturated rings. The van der Waals surface area contributed by atoms with Crippen LogP contribution in [0.3, 0.4) is 0 Å². The van der Waals surface area contributed by atoms with Crippen LogP contribution in [0.25, 0.3) is 0 Å². The standard InChI is InChI=1S/C25H36N2O2/c28-24(14-18-10-12-29-13-11-18)26-25-21-9-5-4-8-20(21)22-16-27(17-23(22)25)15-19-6-2-1-3-7-19/h4-5,8-9,18-19,22-23,25H,1-3,6-7,10-17H2,(H,26,28)/t22-,23-,25+/m0/s1. The first kappa shape index (κ1) is 19.6. The fourth-order valence-electron chi connectivity index (χ4n) is 6.46. The van der Waals surface area contributed by atoms with Gasteiger partial charge in [-0.2, -0.15) is 0 Å². The molecule has 3 atom stereocenters. The number of ether oxygens (including phenoxy) is 1. The monoisotopic (exact) mass is 396 g/mol. The summed E-state index contributed by atoms with van der Waals surface area (Å²) in [6, 6.07) is 9.06. The van der Waals surface area contributed by atoms with Crippen molar-refractivity contribution in [2.75, 3.05) is 32.8 Å². The van der Waals surface area contributed by atoms with Gasteiger partial charge in [-0.1, -0.05) is 43.5 Å². The average molecular weight is 397 g/mol. The number of rotatable bonds is 5. The molecule has 29 heavy (non-hydrogen) atoms. The first-order valence-electron chi connectivity index (χ1n) is 12.0. The normalized spacial score (nSPS) is 30.8. The summed E-state index contributed by atoms with van der Waals surface area (Å²) in [7, 11) is 0. The quantitative estimate of drug-likeness (QED) is 0.808. The van der Waals surface area contributed by atoms with E-state index in [2.05, 4.69) is 34.5 Å². The van der Waals surface area contributed by atoms with Crippen molar-refractivity contribution in [2.45, 2.75) is 63.3 Å². The summed E-state index contributed by atoms with van der Waals surface area (Å²) in [6.07, 6.45) is 9.78. The lowest BCUT2D eigenvalue weighted by molar-refractivity contribution is -0.123. The molecule has 0 radical (unpaired) electrons. The zero-order chi connectivity index (χ0) is 19.6. The van der Waals surface area contributed by atoms with Gasteiger partial charge in [-0.25, -0.2) is 0 Å².